The van der Waals surface area contributed by atoms with Crippen molar-refractivity contribution in [2.24, 2.45) is 0 Å². The van der Waals surface area contributed by atoms with Gasteiger partial charge in [-0.25, -0.2) is 0 Å². The Morgan fingerprint density at radius 2 is 1.72 bits per heavy atom. The third kappa shape index (κ3) is 5.18. The third-order valence-electron chi connectivity index (χ3n) is 3.84. The van der Waals surface area contributed by atoms with Gasteiger partial charge in [-0.15, -0.1) is 0 Å². The molecule has 2 N–H and O–H groups in total. The van der Waals surface area contributed by atoms with Crippen LogP contribution in [-0.4, -0.2) is 21.2 Å². The fourth-order valence-corrected chi connectivity index (χ4v) is 2.92. The molecule has 3 aromatic rings. The molecule has 1 amide bonds. The van der Waals surface area contributed by atoms with Gasteiger partial charge in [-0.05, 0) is 35.4 Å². The molecule has 0 atom stereocenters. The van der Waals surface area contributed by atoms with E-state index >= 15 is 0 Å². The van der Waals surface area contributed by atoms with Crippen molar-refractivity contribution in [2.45, 2.75) is 19.1 Å². The van der Waals surface area contributed by atoms with E-state index in [1.807, 2.05) is 0 Å². The van der Waals surface area contributed by atoms with Crippen LogP contribution in [0.2, 0.25) is 10.0 Å². The number of halogens is 5. The quantitative estimate of drug-likeness (QED) is 0.597. The molecule has 0 unspecified atom stereocenters. The Balaban J connectivity index is 1.61. The first-order valence-corrected chi connectivity index (χ1v) is 8.83. The van der Waals surface area contributed by atoms with Crippen molar-refractivity contribution < 1.29 is 27.6 Å². The second-order valence-electron chi connectivity index (χ2n) is 5.97. The molecule has 0 saturated heterocycles. The standard InChI is InChI=1S/C18H12Cl2F3N3O3/c19-12-5-10(6-13(20)15(12)27)7-14-25-16(26-29-14)17(28)24-8-9-1-3-11(4-2-9)18(21,22)23/h1-6,27H,7-8H2,(H,24,28). The zero-order valence-corrected chi connectivity index (χ0v) is 15.9. The zero-order valence-electron chi connectivity index (χ0n) is 14.4. The number of aromatic hydroxyl groups is 1. The highest BCUT2D eigenvalue weighted by molar-refractivity contribution is 6.37. The molecule has 6 nitrogen and oxygen atoms in total. The van der Waals surface area contributed by atoms with E-state index in [2.05, 4.69) is 15.5 Å². The second-order valence-corrected chi connectivity index (χ2v) is 6.79. The molecule has 0 radical (unpaired) electrons. The van der Waals surface area contributed by atoms with Gasteiger partial charge in [0.2, 0.25) is 5.89 Å². The van der Waals surface area contributed by atoms with Crippen LogP contribution in [0, 0.1) is 0 Å². The van der Waals surface area contributed by atoms with Crippen molar-refractivity contribution in [3.05, 3.63) is 74.8 Å². The summed E-state index contributed by atoms with van der Waals surface area (Å²) < 4.78 is 42.7. The van der Waals surface area contributed by atoms with Crippen LogP contribution in [0.25, 0.3) is 0 Å². The summed E-state index contributed by atoms with van der Waals surface area (Å²) in [6, 6.07) is 7.34. The molecule has 3 rings (SSSR count). The van der Waals surface area contributed by atoms with Gasteiger partial charge in [-0.2, -0.15) is 18.2 Å². The van der Waals surface area contributed by atoms with Gasteiger partial charge in [-0.1, -0.05) is 40.5 Å². The van der Waals surface area contributed by atoms with Gasteiger partial charge < -0.3 is 14.9 Å². The number of nitrogens with zero attached hydrogens (tertiary/aromatic N) is 2. The second kappa shape index (κ2) is 8.30. The summed E-state index contributed by atoms with van der Waals surface area (Å²) in [5, 5.41) is 15.7. The van der Waals surface area contributed by atoms with E-state index in [-0.39, 0.29) is 40.5 Å². The minimum atomic E-state index is -4.42. The average Bonchev–Trinajstić information content (AvgIpc) is 3.12. The number of alkyl halides is 3. The monoisotopic (exact) mass is 445 g/mol. The molecule has 2 aromatic carbocycles. The van der Waals surface area contributed by atoms with E-state index in [9.17, 15) is 23.1 Å². The van der Waals surface area contributed by atoms with Gasteiger partial charge in [0.25, 0.3) is 11.7 Å². The molecule has 0 saturated carbocycles. The van der Waals surface area contributed by atoms with Crippen LogP contribution >= 0.6 is 23.2 Å². The maximum Gasteiger partial charge on any atom is 0.416 e. The zero-order chi connectivity index (χ0) is 21.2. The van der Waals surface area contributed by atoms with Crippen molar-refractivity contribution >= 4 is 29.1 Å². The molecular formula is C18H12Cl2F3N3O3. The molecule has 0 fully saturated rings. The van der Waals surface area contributed by atoms with Gasteiger partial charge >= 0.3 is 6.18 Å². The Bertz CT molecular complexity index is 1010. The number of aromatic nitrogens is 2. The summed E-state index contributed by atoms with van der Waals surface area (Å²) in [6.07, 6.45) is -4.30. The number of nitrogens with one attached hydrogen (secondary N) is 1. The Labute approximate surface area is 172 Å². The predicted octanol–water partition coefficient (Wildman–Crippen LogP) is 4.62. The van der Waals surface area contributed by atoms with E-state index in [0.717, 1.165) is 12.1 Å². The minimum absolute atomic E-state index is 0.00990. The predicted molar refractivity (Wildman–Crippen MR) is 97.8 cm³/mol. The van der Waals surface area contributed by atoms with Crippen LogP contribution in [-0.2, 0) is 19.1 Å². The highest BCUT2D eigenvalue weighted by atomic mass is 35.5. The van der Waals surface area contributed by atoms with Crippen LogP contribution in [0.5, 0.6) is 5.75 Å². The lowest BCUT2D eigenvalue weighted by molar-refractivity contribution is -0.137. The van der Waals surface area contributed by atoms with E-state index in [1.54, 1.807) is 0 Å². The molecule has 0 spiro atoms. The molecule has 1 aromatic heterocycles. The van der Waals surface area contributed by atoms with E-state index in [4.69, 9.17) is 27.7 Å². The highest BCUT2D eigenvalue weighted by Gasteiger charge is 2.29. The summed E-state index contributed by atoms with van der Waals surface area (Å²) in [7, 11) is 0. The average molecular weight is 446 g/mol. The molecule has 29 heavy (non-hydrogen) atoms. The topological polar surface area (TPSA) is 88.2 Å². The fourth-order valence-electron chi connectivity index (χ4n) is 2.39. The third-order valence-corrected chi connectivity index (χ3v) is 4.41. The Morgan fingerprint density at radius 3 is 2.31 bits per heavy atom. The summed E-state index contributed by atoms with van der Waals surface area (Å²) in [6.45, 7) is -0.00990. The molecule has 0 bridgehead atoms. The minimum Gasteiger partial charge on any atom is -0.505 e. The van der Waals surface area contributed by atoms with E-state index in [0.29, 0.717) is 11.1 Å². The summed E-state index contributed by atoms with van der Waals surface area (Å²) in [5.41, 5.74) is 0.284. The number of carbonyl (C=O) groups excluding carboxylic acids is 1. The first kappa shape index (κ1) is 20.9. The molecule has 1 heterocycles. The number of hydrogen-bond acceptors (Lipinski definition) is 5. The van der Waals surface area contributed by atoms with E-state index in [1.165, 1.54) is 24.3 Å². The SMILES string of the molecule is O=C(NCc1ccc(C(F)(F)F)cc1)c1noc(Cc2cc(Cl)c(O)c(Cl)c2)n1. The molecule has 0 aliphatic carbocycles. The van der Waals surface area contributed by atoms with Crippen LogP contribution in [0.3, 0.4) is 0 Å². The smallest absolute Gasteiger partial charge is 0.416 e. The van der Waals surface area contributed by atoms with Crippen LogP contribution in [0.4, 0.5) is 13.2 Å². The van der Waals surface area contributed by atoms with Gasteiger partial charge in [0.05, 0.1) is 22.0 Å². The number of carbonyl (C=O) groups is 1. The van der Waals surface area contributed by atoms with Gasteiger partial charge in [-0.3, -0.25) is 4.79 Å². The van der Waals surface area contributed by atoms with Crippen LogP contribution < -0.4 is 5.32 Å². The molecule has 152 valence electrons. The van der Waals surface area contributed by atoms with Crippen molar-refractivity contribution in [3.8, 4) is 5.75 Å². The van der Waals surface area contributed by atoms with Crippen molar-refractivity contribution in [3.63, 3.8) is 0 Å². The number of hydrogen-bond donors (Lipinski definition) is 2. The number of phenols is 1. The summed E-state index contributed by atoms with van der Waals surface area (Å²) in [4.78, 5) is 16.1. The summed E-state index contributed by atoms with van der Waals surface area (Å²) in [5.74, 6) is -1.02. The first-order chi connectivity index (χ1) is 13.6. The summed E-state index contributed by atoms with van der Waals surface area (Å²) >= 11 is 11.7. The number of benzene rings is 2. The normalized spacial score (nSPS) is 11.5. The van der Waals surface area contributed by atoms with Gasteiger partial charge in [0, 0.05) is 6.54 Å². The molecular weight excluding hydrogens is 434 g/mol. The lowest BCUT2D eigenvalue weighted by atomic mass is 10.1. The van der Waals surface area contributed by atoms with E-state index < -0.39 is 17.6 Å². The maximum atomic E-state index is 12.6. The molecule has 0 aliphatic rings. The fraction of sp³-hybridized carbons (Fsp3) is 0.167. The highest BCUT2D eigenvalue weighted by Crippen LogP contribution is 2.33. The Kier molecular flexibility index (Phi) is 5.99. The van der Waals surface area contributed by atoms with Crippen molar-refractivity contribution in [1.29, 1.82) is 0 Å². The van der Waals surface area contributed by atoms with Crippen LogP contribution in [0.1, 0.15) is 33.2 Å². The van der Waals surface area contributed by atoms with Crippen molar-refractivity contribution in [2.75, 3.05) is 0 Å². The lowest BCUT2D eigenvalue weighted by Gasteiger charge is -2.07. The van der Waals surface area contributed by atoms with Crippen molar-refractivity contribution in [1.82, 2.24) is 15.5 Å². The maximum absolute atomic E-state index is 12.6. The lowest BCUT2D eigenvalue weighted by Crippen LogP contribution is -2.24. The number of phenolic OH excluding ortho intramolecular Hbond substituents is 1. The Morgan fingerprint density at radius 1 is 1.10 bits per heavy atom. The van der Waals surface area contributed by atoms with Gasteiger partial charge in [0.15, 0.2) is 5.75 Å². The number of rotatable bonds is 5. The first-order valence-electron chi connectivity index (χ1n) is 8.07. The number of amides is 1. The van der Waals surface area contributed by atoms with Gasteiger partial charge in [0.1, 0.15) is 0 Å². The molecule has 11 heteroatoms. The Hall–Kier alpha value is -2.78. The largest absolute Gasteiger partial charge is 0.505 e. The van der Waals surface area contributed by atoms with Crippen LogP contribution in [0.15, 0.2) is 40.9 Å². The molecule has 0 aliphatic heterocycles.